The van der Waals surface area contributed by atoms with Gasteiger partial charge < -0.3 is 115 Å². The van der Waals surface area contributed by atoms with E-state index in [2.05, 4.69) is 0 Å². The highest BCUT2D eigenvalue weighted by Gasteiger charge is 2.33. The molecule has 6 rings (SSSR count). The molecular weight excluding hydrogens is 1300 g/mol. The maximum Gasteiger partial charge on any atom is 0.347 e. The lowest BCUT2D eigenvalue weighted by Gasteiger charge is -2.30. The van der Waals surface area contributed by atoms with E-state index in [0.29, 0.717) is 88.7 Å². The first-order valence-electron chi connectivity index (χ1n) is 32.6. The van der Waals surface area contributed by atoms with E-state index >= 15 is 9.59 Å². The van der Waals surface area contributed by atoms with Crippen molar-refractivity contribution >= 4 is 34.8 Å². The number of hydrogen-bond acceptors (Lipinski definition) is 25. The maximum absolute atomic E-state index is 16.4. The zero-order valence-electron chi connectivity index (χ0n) is 58.6. The van der Waals surface area contributed by atoms with Crippen LogP contribution in [0.15, 0.2) is 115 Å². The van der Waals surface area contributed by atoms with Gasteiger partial charge in [0.1, 0.15) is 83.7 Å². The number of nitrogens with two attached hydrogens (primary N) is 1. The number of rotatable bonds is 54. The van der Waals surface area contributed by atoms with Crippen molar-refractivity contribution in [1.29, 1.82) is 0 Å². The molecule has 0 saturated heterocycles. The molecule has 27 nitrogen and oxygen atoms in total. The summed E-state index contributed by atoms with van der Waals surface area (Å²) in [6, 6.07) is 31.8. The predicted octanol–water partition coefficient (Wildman–Crippen LogP) is 8.45. The number of para-hydroxylation sites is 1. The van der Waals surface area contributed by atoms with E-state index < -0.39 is 17.8 Å². The van der Waals surface area contributed by atoms with Crippen LogP contribution < -0.4 is 58.2 Å². The van der Waals surface area contributed by atoms with Crippen LogP contribution in [0.25, 0.3) is 0 Å². The smallest absolute Gasteiger partial charge is 0.347 e. The lowest BCUT2D eigenvalue weighted by molar-refractivity contribution is 0.0177. The van der Waals surface area contributed by atoms with Crippen LogP contribution in [0, 0.1) is 0 Å². The molecule has 0 aliphatic heterocycles. The zero-order valence-corrected chi connectivity index (χ0v) is 58.6. The van der Waals surface area contributed by atoms with Gasteiger partial charge >= 0.3 is 5.97 Å². The van der Waals surface area contributed by atoms with Gasteiger partial charge in [-0.2, -0.15) is 0 Å². The summed E-state index contributed by atoms with van der Waals surface area (Å²) in [6.07, 6.45) is 0. The zero-order chi connectivity index (χ0) is 71.4. The minimum Gasteiger partial charge on any atom is -0.497 e. The third kappa shape index (κ3) is 27.5. The summed E-state index contributed by atoms with van der Waals surface area (Å²) in [4.78, 5) is 50.0. The van der Waals surface area contributed by atoms with Crippen molar-refractivity contribution < 1.29 is 114 Å². The SMILES string of the molecule is COCCOCCOCCOc1cc(C(=O)N(Cc2ccc(OC)cc2)c2cc(OCCOCCOCCOC)c(C(=O)N(Cc3ccc(OC)cc3)c3cc(C(=O)Oc4ccccc4)c(OC)cc3OC)cc2OCCOCCOCCOC)c(OCCOCCOCCOC)cc1N. The first kappa shape index (κ1) is 80.4. The van der Waals surface area contributed by atoms with Crippen LogP contribution in [-0.4, -0.2) is 233 Å². The molecule has 0 heterocycles. The van der Waals surface area contributed by atoms with Crippen LogP contribution in [0.1, 0.15) is 42.2 Å². The number of esters is 1. The predicted molar refractivity (Wildman–Crippen MR) is 371 cm³/mol. The highest BCUT2D eigenvalue weighted by molar-refractivity contribution is 6.12. The average Bonchev–Trinajstić information content (AvgIpc) is 0.770. The summed E-state index contributed by atoms with van der Waals surface area (Å²) in [5.41, 5.74) is 8.34. The Morgan fingerprint density at radius 1 is 0.310 bits per heavy atom. The fraction of sp³-hybridized carbons (Fsp3) is 0.466. The van der Waals surface area contributed by atoms with E-state index in [0.717, 1.165) is 0 Å². The molecule has 0 saturated carbocycles. The average molecular weight is 1400 g/mol. The number of nitrogens with zero attached hydrogens (tertiary/aromatic N) is 2. The lowest BCUT2D eigenvalue weighted by atomic mass is 10.0. The second-order valence-electron chi connectivity index (χ2n) is 21.4. The first-order valence-corrected chi connectivity index (χ1v) is 32.6. The molecule has 100 heavy (non-hydrogen) atoms. The standard InChI is InChI=1S/C73H97N3O24/c1-80-22-26-88-30-34-92-38-42-96-66-49-62(74)68(98-44-40-94-36-32-90-28-24-82-3)47-59(66)71(77)76(53-55-16-20-57(85-6)21-17-55)64-50-67(97-43-39-93-35-31-89-27-23-81-2)60(48-70(64)99-45-41-95-37-33-91-29-25-83-4)72(78)75(52-54-14-18-56(84-5)19-15-54)63-46-61(65(86-7)51-69(63)87-8)73(79)100-58-12-10-9-11-13-58/h9-21,46-51H,22-45,52-53,74H2,1-8H3. The Hall–Kier alpha value is -8.55. The Morgan fingerprint density at radius 3 is 1.05 bits per heavy atom. The van der Waals surface area contributed by atoms with Gasteiger partial charge in [-0.3, -0.25) is 9.59 Å². The van der Waals surface area contributed by atoms with E-state index in [1.54, 1.807) is 115 Å². The molecule has 0 aromatic heterocycles. The topological polar surface area (TPSA) is 278 Å². The van der Waals surface area contributed by atoms with Crippen LogP contribution in [0.2, 0.25) is 0 Å². The minimum absolute atomic E-state index is 0.0124. The molecule has 0 spiro atoms. The molecule has 6 aromatic rings. The Balaban J connectivity index is 1.56. The van der Waals surface area contributed by atoms with Crippen molar-refractivity contribution in [3.63, 3.8) is 0 Å². The van der Waals surface area contributed by atoms with Crippen molar-refractivity contribution in [3.05, 3.63) is 143 Å². The van der Waals surface area contributed by atoms with Crippen molar-refractivity contribution in [2.75, 3.05) is 231 Å². The molecule has 0 fully saturated rings. The maximum atomic E-state index is 16.4. The van der Waals surface area contributed by atoms with Gasteiger partial charge in [0.05, 0.1) is 202 Å². The number of methoxy groups -OCH3 is 8. The molecule has 27 heteroatoms. The third-order valence-electron chi connectivity index (χ3n) is 14.5. The minimum atomic E-state index is -0.784. The first-order chi connectivity index (χ1) is 49.0. The molecule has 2 N–H and O–H groups in total. The highest BCUT2D eigenvalue weighted by Crippen LogP contribution is 2.43. The summed E-state index contributed by atoms with van der Waals surface area (Å²) in [6.45, 7) is 5.23. The van der Waals surface area contributed by atoms with Gasteiger partial charge in [0.2, 0.25) is 0 Å². The molecule has 0 bridgehead atoms. The Bertz CT molecular complexity index is 3290. The molecule has 0 unspecified atom stereocenters. The van der Waals surface area contributed by atoms with Gasteiger partial charge in [-0.15, -0.1) is 0 Å². The normalized spacial score (nSPS) is 11.1. The largest absolute Gasteiger partial charge is 0.497 e. The number of nitrogen functional groups attached to an aromatic ring is 1. The molecule has 0 atom stereocenters. The number of hydrogen-bond donors (Lipinski definition) is 1. The number of carbonyl (C=O) groups excluding carboxylic acids is 3. The van der Waals surface area contributed by atoms with Crippen molar-refractivity contribution in [1.82, 2.24) is 0 Å². The van der Waals surface area contributed by atoms with Crippen LogP contribution in [0.3, 0.4) is 0 Å². The van der Waals surface area contributed by atoms with Gasteiger partial charge in [0.25, 0.3) is 11.8 Å². The van der Waals surface area contributed by atoms with Crippen molar-refractivity contribution in [3.8, 4) is 51.7 Å². The summed E-state index contributed by atoms with van der Waals surface area (Å²) >= 11 is 0. The van der Waals surface area contributed by atoms with Gasteiger partial charge in [0.15, 0.2) is 0 Å². The fourth-order valence-electron chi connectivity index (χ4n) is 9.40. The number of benzene rings is 6. The van der Waals surface area contributed by atoms with Crippen molar-refractivity contribution in [2.45, 2.75) is 13.1 Å². The number of amides is 2. The number of ether oxygens (including phenoxy) is 21. The van der Waals surface area contributed by atoms with E-state index in [1.165, 1.54) is 54.4 Å². The Kier molecular flexibility index (Phi) is 38.2. The highest BCUT2D eigenvalue weighted by atomic mass is 16.6. The molecule has 0 aliphatic carbocycles. The van der Waals surface area contributed by atoms with E-state index in [9.17, 15) is 4.79 Å². The molecule has 548 valence electrons. The third-order valence-corrected chi connectivity index (χ3v) is 14.5. The number of carbonyl (C=O) groups is 3. The molecule has 6 aromatic carbocycles. The fourth-order valence-corrected chi connectivity index (χ4v) is 9.40. The molecule has 0 aliphatic rings. The lowest BCUT2D eigenvalue weighted by Crippen LogP contribution is -2.33. The quantitative estimate of drug-likeness (QED) is 0.0162. The summed E-state index contributed by atoms with van der Waals surface area (Å²) in [7, 11) is 12.3. The van der Waals surface area contributed by atoms with Crippen LogP contribution >= 0.6 is 0 Å². The number of anilines is 3. The van der Waals surface area contributed by atoms with Crippen molar-refractivity contribution in [2.24, 2.45) is 0 Å². The Morgan fingerprint density at radius 2 is 0.660 bits per heavy atom. The van der Waals surface area contributed by atoms with E-state index in [1.807, 2.05) is 12.1 Å². The second kappa shape index (κ2) is 47.5. The second-order valence-corrected chi connectivity index (χ2v) is 21.4. The Labute approximate surface area is 585 Å². The summed E-state index contributed by atoms with van der Waals surface area (Å²) < 4.78 is 121. The van der Waals surface area contributed by atoms with Gasteiger partial charge in [-0.1, -0.05) is 42.5 Å². The molecular formula is C73H97N3O24. The summed E-state index contributed by atoms with van der Waals surface area (Å²) in [5.74, 6) is -0.219. The van der Waals surface area contributed by atoms with Gasteiger partial charge in [0, 0.05) is 46.6 Å². The van der Waals surface area contributed by atoms with E-state index in [4.69, 9.17) is 105 Å². The van der Waals surface area contributed by atoms with Crippen LogP contribution in [0.5, 0.6) is 51.7 Å². The van der Waals surface area contributed by atoms with Crippen LogP contribution in [0.4, 0.5) is 17.1 Å². The van der Waals surface area contributed by atoms with Crippen LogP contribution in [-0.2, 0) is 69.9 Å². The van der Waals surface area contributed by atoms with Gasteiger partial charge in [-0.05, 0) is 65.7 Å². The molecule has 2 amide bonds. The monoisotopic (exact) mass is 1400 g/mol. The van der Waals surface area contributed by atoms with E-state index in [-0.39, 0.29) is 180 Å². The molecule has 0 radical (unpaired) electrons. The van der Waals surface area contributed by atoms with Gasteiger partial charge in [-0.25, -0.2) is 4.79 Å². The summed E-state index contributed by atoms with van der Waals surface area (Å²) in [5, 5.41) is 0.